The lowest BCUT2D eigenvalue weighted by Crippen LogP contribution is -2.31. The fourth-order valence-electron chi connectivity index (χ4n) is 2.00. The summed E-state index contributed by atoms with van der Waals surface area (Å²) in [7, 11) is 1.43. The number of ether oxygens (including phenoxy) is 1. The molecule has 0 aliphatic heterocycles. The number of hydrogen-bond donors (Lipinski definition) is 1. The van der Waals surface area contributed by atoms with E-state index < -0.39 is 4.92 Å². The van der Waals surface area contributed by atoms with E-state index in [2.05, 4.69) is 24.1 Å². The highest BCUT2D eigenvalue weighted by Gasteiger charge is 2.14. The highest BCUT2D eigenvalue weighted by atomic mass is 16.6. The van der Waals surface area contributed by atoms with Gasteiger partial charge in [0.25, 0.3) is 0 Å². The SMILES string of the molecule is CCN(CC)CCNCc1ccc(OC)c([N+](=O)[O-])c1. The third-order valence-electron chi connectivity index (χ3n) is 3.27. The van der Waals surface area contributed by atoms with Crippen molar-refractivity contribution in [2.45, 2.75) is 20.4 Å². The van der Waals surface area contributed by atoms with Gasteiger partial charge in [-0.05, 0) is 24.7 Å². The maximum atomic E-state index is 10.9. The fourth-order valence-corrected chi connectivity index (χ4v) is 2.00. The molecule has 1 N–H and O–H groups in total. The van der Waals surface area contributed by atoms with Crippen LogP contribution in [0.4, 0.5) is 5.69 Å². The monoisotopic (exact) mass is 281 g/mol. The van der Waals surface area contributed by atoms with E-state index in [4.69, 9.17) is 4.74 Å². The van der Waals surface area contributed by atoms with E-state index in [0.29, 0.717) is 12.3 Å². The van der Waals surface area contributed by atoms with Crippen LogP contribution in [-0.2, 0) is 6.54 Å². The Bertz CT molecular complexity index is 434. The van der Waals surface area contributed by atoms with Crippen LogP contribution in [0.1, 0.15) is 19.4 Å². The minimum absolute atomic E-state index is 0.00976. The standard InChI is InChI=1S/C14H23N3O3/c1-4-16(5-2)9-8-15-11-12-6-7-14(20-3)13(10-12)17(18)19/h6-7,10,15H,4-5,8-9,11H2,1-3H3. The molecule has 0 fully saturated rings. The molecular weight excluding hydrogens is 258 g/mol. The maximum absolute atomic E-state index is 10.9. The van der Waals surface area contributed by atoms with E-state index in [0.717, 1.165) is 31.7 Å². The van der Waals surface area contributed by atoms with Gasteiger partial charge in [0, 0.05) is 25.7 Å². The summed E-state index contributed by atoms with van der Waals surface area (Å²) in [5.74, 6) is 0.293. The van der Waals surface area contributed by atoms with Crippen LogP contribution in [-0.4, -0.2) is 43.1 Å². The molecule has 0 saturated carbocycles. The van der Waals surface area contributed by atoms with Crippen LogP contribution in [0.2, 0.25) is 0 Å². The van der Waals surface area contributed by atoms with Crippen molar-refractivity contribution in [2.75, 3.05) is 33.3 Å². The number of nitro benzene ring substituents is 1. The van der Waals surface area contributed by atoms with E-state index in [1.165, 1.54) is 7.11 Å². The van der Waals surface area contributed by atoms with Crippen molar-refractivity contribution in [1.82, 2.24) is 10.2 Å². The summed E-state index contributed by atoms with van der Waals surface area (Å²) in [6, 6.07) is 5.04. The van der Waals surface area contributed by atoms with E-state index in [1.807, 2.05) is 6.07 Å². The molecule has 0 heterocycles. The average Bonchev–Trinajstić information content (AvgIpc) is 2.47. The van der Waals surface area contributed by atoms with Gasteiger partial charge in [-0.15, -0.1) is 0 Å². The van der Waals surface area contributed by atoms with Crippen LogP contribution in [0.15, 0.2) is 18.2 Å². The molecule has 20 heavy (non-hydrogen) atoms. The van der Waals surface area contributed by atoms with Crippen LogP contribution in [0, 0.1) is 10.1 Å². The highest BCUT2D eigenvalue weighted by molar-refractivity contribution is 5.48. The highest BCUT2D eigenvalue weighted by Crippen LogP contribution is 2.27. The number of hydrogen-bond acceptors (Lipinski definition) is 5. The lowest BCUT2D eigenvalue weighted by atomic mass is 10.2. The Hall–Kier alpha value is -1.66. The first-order chi connectivity index (χ1) is 9.62. The molecule has 0 amide bonds. The first-order valence-electron chi connectivity index (χ1n) is 6.86. The molecule has 6 heteroatoms. The number of nitrogens with one attached hydrogen (secondary N) is 1. The Labute approximate surface area is 119 Å². The van der Waals surface area contributed by atoms with Crippen molar-refractivity contribution in [3.63, 3.8) is 0 Å². The van der Waals surface area contributed by atoms with Crippen LogP contribution in [0.3, 0.4) is 0 Å². The molecule has 6 nitrogen and oxygen atoms in total. The summed E-state index contributed by atoms with van der Waals surface area (Å²) in [4.78, 5) is 12.8. The molecule has 1 rings (SSSR count). The third-order valence-corrected chi connectivity index (χ3v) is 3.27. The van der Waals surface area contributed by atoms with Gasteiger partial charge in [-0.3, -0.25) is 10.1 Å². The summed E-state index contributed by atoms with van der Waals surface area (Å²) < 4.78 is 4.98. The summed E-state index contributed by atoms with van der Waals surface area (Å²) in [6.07, 6.45) is 0. The summed E-state index contributed by atoms with van der Waals surface area (Å²) in [5.41, 5.74) is 0.896. The third kappa shape index (κ3) is 4.79. The van der Waals surface area contributed by atoms with E-state index in [-0.39, 0.29) is 5.69 Å². The van der Waals surface area contributed by atoms with Gasteiger partial charge in [-0.1, -0.05) is 19.9 Å². The summed E-state index contributed by atoms with van der Waals surface area (Å²) in [5, 5.41) is 14.2. The minimum Gasteiger partial charge on any atom is -0.490 e. The van der Waals surface area contributed by atoms with Crippen molar-refractivity contribution in [3.05, 3.63) is 33.9 Å². The van der Waals surface area contributed by atoms with Crippen LogP contribution >= 0.6 is 0 Å². The van der Waals surface area contributed by atoms with Gasteiger partial charge in [0.05, 0.1) is 12.0 Å². The predicted octanol–water partition coefficient (Wildman–Crippen LogP) is 2.03. The van der Waals surface area contributed by atoms with Crippen LogP contribution in [0.25, 0.3) is 0 Å². The Morgan fingerprint density at radius 1 is 1.35 bits per heavy atom. The normalized spacial score (nSPS) is 10.8. The van der Waals surface area contributed by atoms with E-state index in [1.54, 1.807) is 12.1 Å². The molecule has 0 unspecified atom stereocenters. The van der Waals surface area contributed by atoms with Gasteiger partial charge >= 0.3 is 5.69 Å². The molecule has 0 radical (unpaired) electrons. The first kappa shape index (κ1) is 16.4. The van der Waals surface area contributed by atoms with E-state index in [9.17, 15) is 10.1 Å². The second-order valence-corrected chi connectivity index (χ2v) is 4.47. The number of methoxy groups -OCH3 is 1. The average molecular weight is 281 g/mol. The van der Waals surface area contributed by atoms with Crippen molar-refractivity contribution in [1.29, 1.82) is 0 Å². The topological polar surface area (TPSA) is 67.6 Å². The maximum Gasteiger partial charge on any atom is 0.311 e. The minimum atomic E-state index is -0.418. The number of benzene rings is 1. The second kappa shape index (κ2) is 8.50. The van der Waals surface area contributed by atoms with E-state index >= 15 is 0 Å². The summed E-state index contributed by atoms with van der Waals surface area (Å²) in [6.45, 7) is 8.80. The lowest BCUT2D eigenvalue weighted by Gasteiger charge is -2.18. The molecule has 0 aliphatic carbocycles. The molecule has 0 bridgehead atoms. The number of nitrogens with zero attached hydrogens (tertiary/aromatic N) is 2. The molecule has 0 atom stereocenters. The zero-order chi connectivity index (χ0) is 15.0. The number of rotatable bonds is 9. The molecule has 0 spiro atoms. The molecule has 0 saturated heterocycles. The van der Waals surface area contributed by atoms with Gasteiger partial charge in [0.1, 0.15) is 0 Å². The fraction of sp³-hybridized carbons (Fsp3) is 0.571. The first-order valence-corrected chi connectivity index (χ1v) is 6.86. The summed E-state index contributed by atoms with van der Waals surface area (Å²) >= 11 is 0. The molecule has 1 aromatic rings. The number of likely N-dealkylation sites (N-methyl/N-ethyl adjacent to an activating group) is 1. The predicted molar refractivity (Wildman–Crippen MR) is 79.1 cm³/mol. The van der Waals surface area contributed by atoms with Crippen molar-refractivity contribution in [3.8, 4) is 5.75 Å². The zero-order valence-corrected chi connectivity index (χ0v) is 12.4. The Morgan fingerprint density at radius 2 is 2.05 bits per heavy atom. The second-order valence-electron chi connectivity index (χ2n) is 4.47. The quantitative estimate of drug-likeness (QED) is 0.426. The zero-order valence-electron chi connectivity index (χ0n) is 12.4. The van der Waals surface area contributed by atoms with Crippen molar-refractivity contribution >= 4 is 5.69 Å². The largest absolute Gasteiger partial charge is 0.490 e. The van der Waals surface area contributed by atoms with Gasteiger partial charge in [-0.2, -0.15) is 0 Å². The molecule has 0 aliphatic rings. The Balaban J connectivity index is 2.52. The van der Waals surface area contributed by atoms with Gasteiger partial charge < -0.3 is 15.0 Å². The Morgan fingerprint density at radius 3 is 2.60 bits per heavy atom. The van der Waals surface area contributed by atoms with Crippen molar-refractivity contribution in [2.24, 2.45) is 0 Å². The molecular formula is C14H23N3O3. The Kier molecular flexibility index (Phi) is 6.97. The van der Waals surface area contributed by atoms with Crippen molar-refractivity contribution < 1.29 is 9.66 Å². The lowest BCUT2D eigenvalue weighted by molar-refractivity contribution is -0.385. The molecule has 1 aromatic carbocycles. The molecule has 112 valence electrons. The van der Waals surface area contributed by atoms with Gasteiger partial charge in [0.2, 0.25) is 0 Å². The number of nitro groups is 1. The van der Waals surface area contributed by atoms with Crippen LogP contribution in [0.5, 0.6) is 5.75 Å². The van der Waals surface area contributed by atoms with Crippen LogP contribution < -0.4 is 10.1 Å². The smallest absolute Gasteiger partial charge is 0.311 e. The van der Waals surface area contributed by atoms with Gasteiger partial charge in [0.15, 0.2) is 5.75 Å². The molecule has 0 aromatic heterocycles. The van der Waals surface area contributed by atoms with Gasteiger partial charge in [-0.25, -0.2) is 0 Å².